The zero-order valence-corrected chi connectivity index (χ0v) is 31.4. The van der Waals surface area contributed by atoms with E-state index in [4.69, 9.17) is 0 Å². The number of hydrogen-bond donors (Lipinski definition) is 0. The lowest BCUT2D eigenvalue weighted by Crippen LogP contribution is -2.11. The second-order valence-corrected chi connectivity index (χ2v) is 14.7. The van der Waals surface area contributed by atoms with Crippen LogP contribution in [0.4, 0.5) is 17.1 Å². The van der Waals surface area contributed by atoms with Crippen LogP contribution in [-0.4, -0.2) is 4.57 Å². The highest BCUT2D eigenvalue weighted by molar-refractivity contribution is 5.92. The molecule has 0 aliphatic heterocycles. The Labute approximate surface area is 330 Å². The van der Waals surface area contributed by atoms with Gasteiger partial charge in [0.2, 0.25) is 0 Å². The van der Waals surface area contributed by atoms with E-state index in [9.17, 15) is 0 Å². The van der Waals surface area contributed by atoms with Gasteiger partial charge in [0, 0.05) is 33.9 Å². The van der Waals surface area contributed by atoms with E-state index in [1.165, 1.54) is 72.7 Å². The van der Waals surface area contributed by atoms with Crippen molar-refractivity contribution < 1.29 is 0 Å². The molecule has 0 radical (unpaired) electrons. The molecule has 8 aromatic rings. The van der Waals surface area contributed by atoms with Gasteiger partial charge in [-0.3, -0.25) is 0 Å². The van der Waals surface area contributed by atoms with Crippen LogP contribution in [0.25, 0.3) is 62.3 Å². The van der Waals surface area contributed by atoms with E-state index in [-0.39, 0.29) is 0 Å². The summed E-state index contributed by atoms with van der Waals surface area (Å²) in [7, 11) is 0. The van der Waals surface area contributed by atoms with Crippen LogP contribution in [0.1, 0.15) is 35.4 Å². The maximum Gasteiger partial charge on any atom is 0.0540 e. The number of allylic oxidation sites excluding steroid dienone is 2. The molecule has 0 bridgehead atoms. The summed E-state index contributed by atoms with van der Waals surface area (Å²) >= 11 is 0. The summed E-state index contributed by atoms with van der Waals surface area (Å²) in [6.07, 6.45) is 13.7. The summed E-state index contributed by atoms with van der Waals surface area (Å²) in [4.78, 5) is 2.40. The first-order valence-corrected chi connectivity index (χ1v) is 19.8. The zero-order valence-electron chi connectivity index (χ0n) is 31.4. The van der Waals surface area contributed by atoms with Crippen LogP contribution in [0.3, 0.4) is 0 Å². The van der Waals surface area contributed by atoms with Gasteiger partial charge in [0.15, 0.2) is 0 Å². The maximum atomic E-state index is 2.56. The zero-order chi connectivity index (χ0) is 37.3. The van der Waals surface area contributed by atoms with Gasteiger partial charge in [-0.25, -0.2) is 0 Å². The number of anilines is 3. The van der Waals surface area contributed by atoms with E-state index in [0.29, 0.717) is 0 Å². The maximum absolute atomic E-state index is 2.56. The molecule has 0 fully saturated rings. The highest BCUT2D eigenvalue weighted by atomic mass is 15.1. The lowest BCUT2D eigenvalue weighted by Gasteiger charge is -2.29. The van der Waals surface area contributed by atoms with Gasteiger partial charge in [0.1, 0.15) is 0 Å². The van der Waals surface area contributed by atoms with E-state index in [1.54, 1.807) is 0 Å². The highest BCUT2D eigenvalue weighted by Crippen LogP contribution is 2.45. The quantitative estimate of drug-likeness (QED) is 0.152. The number of rotatable bonds is 8. The first-order chi connectivity index (χ1) is 27.8. The lowest BCUT2D eigenvalue weighted by molar-refractivity contribution is 0.869. The van der Waals surface area contributed by atoms with Crippen molar-refractivity contribution in [3.05, 3.63) is 217 Å². The molecule has 0 N–H and O–H groups in total. The molecule has 10 rings (SSSR count). The molecule has 0 amide bonds. The Hall–Kier alpha value is -6.90. The second kappa shape index (κ2) is 14.7. The summed E-state index contributed by atoms with van der Waals surface area (Å²) in [5, 5.41) is 0. The van der Waals surface area contributed by atoms with E-state index < -0.39 is 0 Å². The molecular weight excluding hydrogens is 677 g/mol. The Balaban J connectivity index is 1.09. The Morgan fingerprint density at radius 1 is 0.411 bits per heavy atom. The third-order valence-corrected chi connectivity index (χ3v) is 11.4. The van der Waals surface area contributed by atoms with Crippen LogP contribution in [0.2, 0.25) is 0 Å². The molecule has 268 valence electrons. The van der Waals surface area contributed by atoms with Crippen LogP contribution in [0.5, 0.6) is 0 Å². The van der Waals surface area contributed by atoms with Crippen LogP contribution in [-0.2, 0) is 12.8 Å². The van der Waals surface area contributed by atoms with Gasteiger partial charge in [0.05, 0.1) is 11.4 Å². The SMILES string of the molecule is C1=Cc2c(c3c(n2-c2ccccc2-c2ccc(N(c4ccccc4)c4ccc(-c5ccc(-c6ccccc6)cc5)cc4)c(-c4ccccc4)c2)CCC=C3)CC1. The van der Waals surface area contributed by atoms with Crippen molar-refractivity contribution in [2.24, 2.45) is 0 Å². The fourth-order valence-corrected chi connectivity index (χ4v) is 8.67. The molecule has 0 unspecified atom stereocenters. The molecule has 2 aliphatic rings. The molecular formula is C54H42N2. The highest BCUT2D eigenvalue weighted by Gasteiger charge is 2.25. The first-order valence-electron chi connectivity index (χ1n) is 19.8. The normalized spacial score (nSPS) is 12.9. The van der Waals surface area contributed by atoms with Crippen molar-refractivity contribution in [2.75, 3.05) is 4.90 Å². The smallest absolute Gasteiger partial charge is 0.0540 e. The molecule has 56 heavy (non-hydrogen) atoms. The van der Waals surface area contributed by atoms with Crippen molar-refractivity contribution in [1.29, 1.82) is 0 Å². The molecule has 1 heterocycles. The molecule has 2 heteroatoms. The molecule has 2 nitrogen and oxygen atoms in total. The van der Waals surface area contributed by atoms with Crippen LogP contribution in [0, 0.1) is 0 Å². The Morgan fingerprint density at radius 3 is 1.66 bits per heavy atom. The predicted molar refractivity (Wildman–Crippen MR) is 237 cm³/mol. The monoisotopic (exact) mass is 718 g/mol. The van der Waals surface area contributed by atoms with E-state index in [1.807, 2.05) is 0 Å². The van der Waals surface area contributed by atoms with E-state index in [0.717, 1.165) is 42.7 Å². The predicted octanol–water partition coefficient (Wildman–Crippen LogP) is 14.5. The molecule has 7 aromatic carbocycles. The Bertz CT molecular complexity index is 2700. The van der Waals surface area contributed by atoms with E-state index in [2.05, 4.69) is 216 Å². The van der Waals surface area contributed by atoms with Gasteiger partial charge in [-0.05, 0) is 119 Å². The molecule has 2 aliphatic carbocycles. The molecule has 0 spiro atoms. The van der Waals surface area contributed by atoms with Crippen molar-refractivity contribution in [1.82, 2.24) is 4.57 Å². The minimum Gasteiger partial charge on any atom is -0.313 e. The molecule has 1 aromatic heterocycles. The van der Waals surface area contributed by atoms with Crippen molar-refractivity contribution in [2.45, 2.75) is 25.7 Å². The largest absolute Gasteiger partial charge is 0.313 e. The number of hydrogen-bond acceptors (Lipinski definition) is 1. The van der Waals surface area contributed by atoms with Gasteiger partial charge in [-0.2, -0.15) is 0 Å². The first kappa shape index (κ1) is 33.7. The lowest BCUT2D eigenvalue weighted by atomic mass is 9.95. The Morgan fingerprint density at radius 2 is 0.946 bits per heavy atom. The summed E-state index contributed by atoms with van der Waals surface area (Å²) in [5.74, 6) is 0. The third-order valence-electron chi connectivity index (χ3n) is 11.4. The van der Waals surface area contributed by atoms with Crippen LogP contribution < -0.4 is 4.90 Å². The van der Waals surface area contributed by atoms with Crippen molar-refractivity contribution >= 4 is 29.2 Å². The van der Waals surface area contributed by atoms with Gasteiger partial charge in [0.25, 0.3) is 0 Å². The molecule has 0 saturated heterocycles. The average Bonchev–Trinajstić information content (AvgIpc) is 3.62. The summed E-state index contributed by atoms with van der Waals surface area (Å²) in [5.41, 5.74) is 19.9. The van der Waals surface area contributed by atoms with Gasteiger partial charge >= 0.3 is 0 Å². The Kier molecular flexibility index (Phi) is 8.85. The number of aromatic nitrogens is 1. The van der Waals surface area contributed by atoms with Crippen LogP contribution >= 0.6 is 0 Å². The van der Waals surface area contributed by atoms with Gasteiger partial charge in [-0.1, -0.05) is 158 Å². The molecule has 0 atom stereocenters. The summed E-state index contributed by atoms with van der Waals surface area (Å²) in [6.45, 7) is 0. The topological polar surface area (TPSA) is 8.17 Å². The number of nitrogens with zero attached hydrogens (tertiary/aromatic N) is 2. The average molecular weight is 719 g/mol. The number of fused-ring (bicyclic) bond motifs is 3. The summed E-state index contributed by atoms with van der Waals surface area (Å²) < 4.78 is 2.56. The van der Waals surface area contributed by atoms with Gasteiger partial charge in [-0.15, -0.1) is 0 Å². The fourth-order valence-electron chi connectivity index (χ4n) is 8.67. The van der Waals surface area contributed by atoms with Gasteiger partial charge < -0.3 is 9.47 Å². The third kappa shape index (κ3) is 6.20. The minimum absolute atomic E-state index is 1.05. The number of benzene rings is 7. The standard InChI is InChI=1S/C54H42N2/c1-4-16-39(17-5-1)40-28-30-41(31-29-40)42-32-35-46(36-33-42)55(45-20-8-3-9-21-45)54-37-34-44(38-50(54)43-18-6-2-7-19-43)47-22-10-13-25-51(47)56-52-26-14-11-23-48(52)49-24-12-15-27-53(49)56/h1-11,13,15-23,25,27-38H,12,14,24,26H2. The van der Waals surface area contributed by atoms with Crippen molar-refractivity contribution in [3.8, 4) is 50.2 Å². The van der Waals surface area contributed by atoms with E-state index >= 15 is 0 Å². The molecule has 0 saturated carbocycles. The second-order valence-electron chi connectivity index (χ2n) is 14.7. The number of para-hydroxylation sites is 2. The van der Waals surface area contributed by atoms with Crippen molar-refractivity contribution in [3.63, 3.8) is 0 Å². The minimum atomic E-state index is 1.05. The summed E-state index contributed by atoms with van der Waals surface area (Å²) in [6, 6.07) is 66.1. The van der Waals surface area contributed by atoms with Crippen LogP contribution in [0.15, 0.2) is 194 Å². The fraction of sp³-hybridized carbons (Fsp3) is 0.0741.